The average Bonchev–Trinajstić information content (AvgIpc) is 3.19. The smallest absolute Gasteiger partial charge is 0.207 e. The fraction of sp³-hybridized carbons (Fsp3) is 0.304. The van der Waals surface area contributed by atoms with Crippen LogP contribution in [0.3, 0.4) is 0 Å². The van der Waals surface area contributed by atoms with Gasteiger partial charge in [0.05, 0.1) is 23.3 Å². The molecule has 0 unspecified atom stereocenters. The summed E-state index contributed by atoms with van der Waals surface area (Å²) < 4.78 is 15.7. The lowest BCUT2D eigenvalue weighted by atomic mass is 10.1. The monoisotopic (exact) mass is 492 g/mol. The molecule has 0 aliphatic rings. The van der Waals surface area contributed by atoms with Crippen molar-refractivity contribution in [2.24, 2.45) is 0 Å². The van der Waals surface area contributed by atoms with E-state index in [1.807, 2.05) is 45.0 Å². The Morgan fingerprint density at radius 2 is 1.81 bits per heavy atom. The van der Waals surface area contributed by atoms with Gasteiger partial charge < -0.3 is 20.1 Å². The van der Waals surface area contributed by atoms with Crippen LogP contribution in [0.15, 0.2) is 42.1 Å². The van der Waals surface area contributed by atoms with Gasteiger partial charge in [-0.25, -0.2) is 0 Å². The zero-order valence-corrected chi connectivity index (χ0v) is 20.6. The summed E-state index contributed by atoms with van der Waals surface area (Å²) in [6.45, 7) is 7.92. The Hall–Kier alpha value is -2.48. The SMILES string of the molecule is CCOc1ccc(CCNC(C)=Cc2nsc(Nc3ccc(Cl)c(Cl)c3)n2)cc1OCC. The highest BCUT2D eigenvalue weighted by Crippen LogP contribution is 2.29. The molecule has 0 aliphatic heterocycles. The molecule has 0 bridgehead atoms. The highest BCUT2D eigenvalue weighted by atomic mass is 35.5. The third-order valence-electron chi connectivity index (χ3n) is 4.38. The van der Waals surface area contributed by atoms with E-state index in [1.165, 1.54) is 17.1 Å². The number of hydrogen-bond acceptors (Lipinski definition) is 7. The van der Waals surface area contributed by atoms with Crippen molar-refractivity contribution in [3.8, 4) is 11.5 Å². The molecule has 170 valence electrons. The molecule has 0 spiro atoms. The Morgan fingerprint density at radius 3 is 2.56 bits per heavy atom. The van der Waals surface area contributed by atoms with E-state index >= 15 is 0 Å². The van der Waals surface area contributed by atoms with Gasteiger partial charge in [-0.3, -0.25) is 0 Å². The number of nitrogens with zero attached hydrogens (tertiary/aromatic N) is 2. The lowest BCUT2D eigenvalue weighted by Gasteiger charge is -2.13. The summed E-state index contributed by atoms with van der Waals surface area (Å²) in [4.78, 5) is 4.50. The van der Waals surface area contributed by atoms with Gasteiger partial charge >= 0.3 is 0 Å². The van der Waals surface area contributed by atoms with Crippen LogP contribution in [0.5, 0.6) is 11.5 Å². The number of rotatable bonds is 11. The van der Waals surface area contributed by atoms with Crippen molar-refractivity contribution >= 4 is 51.6 Å². The zero-order valence-electron chi connectivity index (χ0n) is 18.2. The summed E-state index contributed by atoms with van der Waals surface area (Å²) in [5.41, 5.74) is 2.97. The van der Waals surface area contributed by atoms with E-state index in [0.29, 0.717) is 34.2 Å². The summed E-state index contributed by atoms with van der Waals surface area (Å²) in [5.74, 6) is 2.21. The van der Waals surface area contributed by atoms with Crippen molar-refractivity contribution in [1.82, 2.24) is 14.7 Å². The van der Waals surface area contributed by atoms with Crippen LogP contribution in [-0.2, 0) is 6.42 Å². The van der Waals surface area contributed by atoms with Gasteiger partial charge in [0, 0.05) is 35.5 Å². The van der Waals surface area contributed by atoms with E-state index in [9.17, 15) is 0 Å². The molecule has 0 amide bonds. The maximum atomic E-state index is 6.06. The van der Waals surface area contributed by atoms with Gasteiger partial charge in [0.25, 0.3) is 0 Å². The molecule has 0 fully saturated rings. The highest BCUT2D eigenvalue weighted by Gasteiger charge is 2.07. The number of ether oxygens (including phenoxy) is 2. The summed E-state index contributed by atoms with van der Waals surface area (Å²) >= 11 is 13.3. The Bertz CT molecular complexity index is 1070. The molecule has 1 aromatic heterocycles. The standard InChI is InChI=1S/C23H26Cl2N4O2S/c1-4-30-20-9-6-16(13-21(20)31-5-2)10-11-26-15(3)12-22-28-23(32-29-22)27-17-7-8-18(24)19(25)14-17/h6-9,12-14,26H,4-5,10-11H2,1-3H3,(H,27,28,29). The second-order valence-corrected chi connectivity index (χ2v) is 8.43. The first kappa shape index (κ1) is 24.2. The predicted octanol–water partition coefficient (Wildman–Crippen LogP) is 6.58. The highest BCUT2D eigenvalue weighted by molar-refractivity contribution is 7.09. The number of anilines is 2. The van der Waals surface area contributed by atoms with Crippen molar-refractivity contribution in [3.05, 3.63) is 63.5 Å². The van der Waals surface area contributed by atoms with E-state index in [1.54, 1.807) is 12.1 Å². The molecule has 32 heavy (non-hydrogen) atoms. The molecular weight excluding hydrogens is 467 g/mol. The van der Waals surface area contributed by atoms with Gasteiger partial charge in [0.15, 0.2) is 17.3 Å². The molecule has 6 nitrogen and oxygen atoms in total. The largest absolute Gasteiger partial charge is 0.490 e. The van der Waals surface area contributed by atoms with Crippen molar-refractivity contribution < 1.29 is 9.47 Å². The lowest BCUT2D eigenvalue weighted by molar-refractivity contribution is 0.287. The average molecular weight is 493 g/mol. The van der Waals surface area contributed by atoms with Gasteiger partial charge in [-0.2, -0.15) is 9.36 Å². The first-order chi connectivity index (χ1) is 15.5. The molecule has 2 aromatic carbocycles. The Morgan fingerprint density at radius 1 is 1.03 bits per heavy atom. The van der Waals surface area contributed by atoms with E-state index in [4.69, 9.17) is 32.7 Å². The van der Waals surface area contributed by atoms with Crippen LogP contribution in [0.1, 0.15) is 32.2 Å². The van der Waals surface area contributed by atoms with Gasteiger partial charge in [-0.1, -0.05) is 29.3 Å². The molecule has 0 saturated heterocycles. The zero-order chi connectivity index (χ0) is 22.9. The second-order valence-electron chi connectivity index (χ2n) is 6.86. The molecule has 0 radical (unpaired) electrons. The van der Waals surface area contributed by atoms with Crippen LogP contribution in [0.25, 0.3) is 6.08 Å². The summed E-state index contributed by atoms with van der Waals surface area (Å²) in [6.07, 6.45) is 2.77. The number of halogens is 2. The normalized spacial score (nSPS) is 11.3. The number of nitrogens with one attached hydrogen (secondary N) is 2. The van der Waals surface area contributed by atoms with Gasteiger partial charge in [0.1, 0.15) is 0 Å². The number of aromatic nitrogens is 2. The van der Waals surface area contributed by atoms with E-state index < -0.39 is 0 Å². The molecule has 3 rings (SSSR count). The second kappa shape index (κ2) is 11.9. The fourth-order valence-electron chi connectivity index (χ4n) is 2.94. The molecule has 2 N–H and O–H groups in total. The minimum Gasteiger partial charge on any atom is -0.490 e. The minimum atomic E-state index is 0.488. The molecule has 1 heterocycles. The minimum absolute atomic E-state index is 0.488. The van der Waals surface area contributed by atoms with Gasteiger partial charge in [-0.05, 0) is 63.1 Å². The molecule has 0 saturated carbocycles. The summed E-state index contributed by atoms with van der Waals surface area (Å²) in [7, 11) is 0. The Kier molecular flexibility index (Phi) is 9.02. The molecule has 0 atom stereocenters. The number of allylic oxidation sites excluding steroid dienone is 1. The van der Waals surface area contributed by atoms with Crippen molar-refractivity contribution in [2.45, 2.75) is 27.2 Å². The summed E-state index contributed by atoms with van der Waals surface area (Å²) in [6, 6.07) is 11.4. The Labute approximate surface area is 202 Å². The van der Waals surface area contributed by atoms with Crippen molar-refractivity contribution in [3.63, 3.8) is 0 Å². The molecule has 3 aromatic rings. The van der Waals surface area contributed by atoms with Crippen LogP contribution < -0.4 is 20.1 Å². The topological polar surface area (TPSA) is 68.3 Å². The number of hydrogen-bond donors (Lipinski definition) is 2. The number of benzene rings is 2. The van der Waals surface area contributed by atoms with Crippen LogP contribution in [-0.4, -0.2) is 29.1 Å². The van der Waals surface area contributed by atoms with Crippen LogP contribution in [0.4, 0.5) is 10.8 Å². The van der Waals surface area contributed by atoms with Gasteiger partial charge in [0.2, 0.25) is 5.13 Å². The first-order valence-electron chi connectivity index (χ1n) is 10.3. The van der Waals surface area contributed by atoms with E-state index in [0.717, 1.165) is 35.8 Å². The van der Waals surface area contributed by atoms with Crippen LogP contribution in [0, 0.1) is 0 Å². The van der Waals surface area contributed by atoms with Crippen molar-refractivity contribution in [2.75, 3.05) is 25.1 Å². The predicted molar refractivity (Wildman–Crippen MR) is 134 cm³/mol. The maximum Gasteiger partial charge on any atom is 0.207 e. The third kappa shape index (κ3) is 7.02. The van der Waals surface area contributed by atoms with Crippen LogP contribution >= 0.6 is 34.7 Å². The molecule has 9 heteroatoms. The molecular formula is C23H26Cl2N4O2S. The van der Waals surface area contributed by atoms with Crippen LogP contribution in [0.2, 0.25) is 10.0 Å². The molecule has 0 aliphatic carbocycles. The van der Waals surface area contributed by atoms with Crippen molar-refractivity contribution in [1.29, 1.82) is 0 Å². The third-order valence-corrected chi connectivity index (χ3v) is 5.77. The quantitative estimate of drug-likeness (QED) is 0.315. The fourth-order valence-corrected chi connectivity index (χ4v) is 3.81. The lowest BCUT2D eigenvalue weighted by Crippen LogP contribution is -2.15. The summed E-state index contributed by atoms with van der Waals surface area (Å²) in [5, 5.41) is 8.28. The Balaban J connectivity index is 1.54. The van der Waals surface area contributed by atoms with E-state index in [2.05, 4.69) is 26.1 Å². The van der Waals surface area contributed by atoms with Gasteiger partial charge in [-0.15, -0.1) is 0 Å². The van der Waals surface area contributed by atoms with E-state index in [-0.39, 0.29) is 0 Å². The first-order valence-corrected chi connectivity index (χ1v) is 11.9. The maximum absolute atomic E-state index is 6.06.